The summed E-state index contributed by atoms with van der Waals surface area (Å²) in [4.78, 5) is 12.3. The Bertz CT molecular complexity index is 608. The molecular weight excluding hydrogens is 348 g/mol. The van der Waals surface area contributed by atoms with Gasteiger partial charge >= 0.3 is 0 Å². The number of nitrogens with one attached hydrogen (secondary N) is 1. The molecule has 0 aliphatic carbocycles. The number of hydrogen-bond acceptors (Lipinski definition) is 5. The molecule has 0 spiro atoms. The van der Waals surface area contributed by atoms with E-state index in [1.165, 1.54) is 16.1 Å². The van der Waals surface area contributed by atoms with Crippen molar-refractivity contribution in [3.05, 3.63) is 22.4 Å². The Morgan fingerprint density at radius 1 is 1.42 bits per heavy atom. The van der Waals surface area contributed by atoms with E-state index in [2.05, 4.69) is 16.8 Å². The zero-order valence-corrected chi connectivity index (χ0v) is 15.6. The summed E-state index contributed by atoms with van der Waals surface area (Å²) in [6.45, 7) is 1.54. The van der Waals surface area contributed by atoms with Crippen molar-refractivity contribution in [2.45, 2.75) is 31.6 Å². The van der Waals surface area contributed by atoms with Crippen molar-refractivity contribution < 1.29 is 18.3 Å². The number of aliphatic hydroxyl groups excluding tert-OH is 1. The summed E-state index contributed by atoms with van der Waals surface area (Å²) in [5, 5.41) is 16.3. The van der Waals surface area contributed by atoms with Crippen LogP contribution in [0.25, 0.3) is 0 Å². The lowest BCUT2D eigenvalue weighted by Crippen LogP contribution is -2.42. The third-order valence-electron chi connectivity index (χ3n) is 4.58. The highest BCUT2D eigenvalue weighted by Gasteiger charge is 2.28. The normalized spacial score (nSPS) is 18.4. The molecule has 0 saturated carbocycles. The molecule has 1 unspecified atom stereocenters. The van der Waals surface area contributed by atoms with E-state index in [1.54, 1.807) is 11.3 Å². The Kier molecular flexibility index (Phi) is 7.21. The molecule has 1 fully saturated rings. The number of carbonyl (C=O) groups excluding carboxylic acids is 1. The van der Waals surface area contributed by atoms with E-state index >= 15 is 0 Å². The number of sulfonamides is 1. The number of rotatable bonds is 8. The van der Waals surface area contributed by atoms with Gasteiger partial charge in [0, 0.05) is 32.2 Å². The lowest BCUT2D eigenvalue weighted by atomic mass is 9.94. The maximum absolute atomic E-state index is 12.3. The fraction of sp³-hybridized carbons (Fsp3) is 0.688. The lowest BCUT2D eigenvalue weighted by molar-refractivity contribution is -0.126. The number of hydrogen-bond donors (Lipinski definition) is 2. The Hall–Kier alpha value is -0.960. The molecule has 0 bridgehead atoms. The molecule has 136 valence electrons. The number of nitrogens with zero attached hydrogens (tertiary/aromatic N) is 1. The van der Waals surface area contributed by atoms with E-state index in [1.807, 2.05) is 5.38 Å². The minimum atomic E-state index is -3.16. The minimum absolute atomic E-state index is 0.0104. The van der Waals surface area contributed by atoms with E-state index in [4.69, 9.17) is 0 Å². The summed E-state index contributed by atoms with van der Waals surface area (Å²) in [6, 6.07) is 2.06. The summed E-state index contributed by atoms with van der Waals surface area (Å²) in [5.41, 5.74) is 1.21. The van der Waals surface area contributed by atoms with E-state index < -0.39 is 10.0 Å². The van der Waals surface area contributed by atoms with Gasteiger partial charge in [-0.1, -0.05) is 0 Å². The van der Waals surface area contributed by atoms with Crippen LogP contribution < -0.4 is 5.32 Å². The second kappa shape index (κ2) is 8.94. The first-order valence-electron chi connectivity index (χ1n) is 8.27. The lowest BCUT2D eigenvalue weighted by Gasteiger charge is -2.29. The van der Waals surface area contributed by atoms with Crippen molar-refractivity contribution in [2.75, 3.05) is 32.5 Å². The zero-order valence-electron chi connectivity index (χ0n) is 14.0. The number of aliphatic hydroxyl groups is 1. The molecule has 0 aromatic carbocycles. The van der Waals surface area contributed by atoms with Crippen LogP contribution in [-0.4, -0.2) is 56.2 Å². The Morgan fingerprint density at radius 3 is 2.67 bits per heavy atom. The van der Waals surface area contributed by atoms with Gasteiger partial charge < -0.3 is 10.4 Å². The maximum atomic E-state index is 12.3. The third kappa shape index (κ3) is 5.54. The number of piperidine rings is 1. The Morgan fingerprint density at radius 2 is 2.12 bits per heavy atom. The summed E-state index contributed by atoms with van der Waals surface area (Å²) >= 11 is 1.64. The highest BCUT2D eigenvalue weighted by atomic mass is 32.2. The highest BCUT2D eigenvalue weighted by Crippen LogP contribution is 2.25. The quantitative estimate of drug-likeness (QED) is 0.720. The second-order valence-corrected chi connectivity index (χ2v) is 9.04. The van der Waals surface area contributed by atoms with Gasteiger partial charge in [-0.2, -0.15) is 11.3 Å². The minimum Gasteiger partial charge on any atom is -0.396 e. The molecule has 0 radical (unpaired) electrons. The van der Waals surface area contributed by atoms with Crippen molar-refractivity contribution >= 4 is 27.3 Å². The van der Waals surface area contributed by atoms with E-state index in [-0.39, 0.29) is 24.3 Å². The molecule has 1 atom stereocenters. The van der Waals surface area contributed by atoms with Crippen LogP contribution in [0.1, 0.15) is 37.2 Å². The monoisotopic (exact) mass is 374 g/mol. The highest BCUT2D eigenvalue weighted by molar-refractivity contribution is 7.88. The third-order valence-corrected chi connectivity index (χ3v) is 6.58. The van der Waals surface area contributed by atoms with Crippen LogP contribution in [0.4, 0.5) is 0 Å². The van der Waals surface area contributed by atoms with Crippen molar-refractivity contribution in [3.8, 4) is 0 Å². The molecule has 1 aromatic rings. The molecule has 1 aliphatic rings. The maximum Gasteiger partial charge on any atom is 0.223 e. The summed E-state index contributed by atoms with van der Waals surface area (Å²) in [5.74, 6) is 0.158. The molecule has 2 heterocycles. The Balaban J connectivity index is 1.75. The van der Waals surface area contributed by atoms with Crippen LogP contribution >= 0.6 is 11.3 Å². The van der Waals surface area contributed by atoms with Crippen molar-refractivity contribution in [3.63, 3.8) is 0 Å². The van der Waals surface area contributed by atoms with Gasteiger partial charge in [-0.15, -0.1) is 0 Å². The molecular formula is C16H26N2O4S2. The van der Waals surface area contributed by atoms with Gasteiger partial charge in [0.15, 0.2) is 0 Å². The number of carbonyl (C=O) groups is 1. The molecule has 2 N–H and O–H groups in total. The standard InChI is InChI=1S/C16H26N2O4S2/c1-24(21,22)18-8-3-14(4-9-18)16(20)17-7-2-13(5-10-19)15-6-11-23-12-15/h6,11-14,19H,2-5,7-10H2,1H3,(H,17,20). The first-order valence-corrected chi connectivity index (χ1v) is 11.1. The van der Waals surface area contributed by atoms with Gasteiger partial charge in [0.05, 0.1) is 6.26 Å². The number of thiophene rings is 1. The molecule has 1 saturated heterocycles. The van der Waals surface area contributed by atoms with E-state index in [9.17, 15) is 18.3 Å². The van der Waals surface area contributed by atoms with Gasteiger partial charge in [-0.25, -0.2) is 12.7 Å². The Labute approximate surface area is 147 Å². The molecule has 8 heteroatoms. The first-order chi connectivity index (χ1) is 11.4. The van der Waals surface area contributed by atoms with Crippen LogP contribution in [0.3, 0.4) is 0 Å². The largest absolute Gasteiger partial charge is 0.396 e. The fourth-order valence-corrected chi connectivity index (χ4v) is 4.72. The predicted molar refractivity (Wildman–Crippen MR) is 95.5 cm³/mol. The molecule has 1 aliphatic heterocycles. The van der Waals surface area contributed by atoms with Crippen LogP contribution in [-0.2, 0) is 14.8 Å². The molecule has 1 amide bonds. The molecule has 2 rings (SSSR count). The SMILES string of the molecule is CS(=O)(=O)N1CCC(C(=O)NCCC(CCO)c2ccsc2)CC1. The van der Waals surface area contributed by atoms with Crippen LogP contribution in [0, 0.1) is 5.92 Å². The second-order valence-electron chi connectivity index (χ2n) is 6.28. The topological polar surface area (TPSA) is 86.7 Å². The van der Waals surface area contributed by atoms with Gasteiger partial charge in [0.2, 0.25) is 15.9 Å². The fourth-order valence-electron chi connectivity index (χ4n) is 3.10. The number of amides is 1. The average molecular weight is 375 g/mol. The van der Waals surface area contributed by atoms with E-state index in [0.717, 1.165) is 6.42 Å². The molecule has 6 nitrogen and oxygen atoms in total. The van der Waals surface area contributed by atoms with Gasteiger partial charge in [-0.05, 0) is 54.0 Å². The molecule has 24 heavy (non-hydrogen) atoms. The predicted octanol–water partition coefficient (Wildman–Crippen LogP) is 1.39. The van der Waals surface area contributed by atoms with Crippen LogP contribution in [0.2, 0.25) is 0 Å². The average Bonchev–Trinajstić information content (AvgIpc) is 3.07. The van der Waals surface area contributed by atoms with Crippen LogP contribution in [0.15, 0.2) is 16.8 Å². The smallest absolute Gasteiger partial charge is 0.223 e. The summed E-state index contributed by atoms with van der Waals surface area (Å²) in [7, 11) is -3.16. The summed E-state index contributed by atoms with van der Waals surface area (Å²) in [6.07, 6.45) is 3.84. The van der Waals surface area contributed by atoms with Gasteiger partial charge in [0.1, 0.15) is 0 Å². The first kappa shape index (κ1) is 19.4. The van der Waals surface area contributed by atoms with Crippen molar-refractivity contribution in [1.29, 1.82) is 0 Å². The van der Waals surface area contributed by atoms with Crippen molar-refractivity contribution in [1.82, 2.24) is 9.62 Å². The summed E-state index contributed by atoms with van der Waals surface area (Å²) < 4.78 is 24.4. The van der Waals surface area contributed by atoms with Gasteiger partial charge in [-0.3, -0.25) is 4.79 Å². The van der Waals surface area contributed by atoms with E-state index in [0.29, 0.717) is 38.9 Å². The van der Waals surface area contributed by atoms with Crippen LogP contribution in [0.5, 0.6) is 0 Å². The van der Waals surface area contributed by atoms with Crippen molar-refractivity contribution in [2.24, 2.45) is 5.92 Å². The molecule has 1 aromatic heterocycles. The van der Waals surface area contributed by atoms with Gasteiger partial charge in [0.25, 0.3) is 0 Å². The zero-order chi connectivity index (χ0) is 17.6.